The van der Waals surface area contributed by atoms with Gasteiger partial charge in [0.1, 0.15) is 11.5 Å². The van der Waals surface area contributed by atoms with Crippen LogP contribution >= 0.6 is 0 Å². The van der Waals surface area contributed by atoms with Crippen molar-refractivity contribution in [3.63, 3.8) is 0 Å². The summed E-state index contributed by atoms with van der Waals surface area (Å²) < 4.78 is 5.62. The molecule has 2 rings (SSSR count). The Bertz CT molecular complexity index is 390. The molecule has 0 aliphatic carbocycles. The summed E-state index contributed by atoms with van der Waals surface area (Å²) in [5.41, 5.74) is 1.24. The minimum atomic E-state index is 0.0861. The molecule has 1 aliphatic rings. The Morgan fingerprint density at radius 2 is 1.93 bits per heavy atom. The highest BCUT2D eigenvalue weighted by molar-refractivity contribution is 5.62. The molecule has 2 nitrogen and oxygen atoms in total. The van der Waals surface area contributed by atoms with Gasteiger partial charge in [-0.25, -0.2) is 0 Å². The summed E-state index contributed by atoms with van der Waals surface area (Å²) in [6.07, 6.45) is 0. The first-order chi connectivity index (χ1) is 6.98. The number of fused-ring (bicyclic) bond motifs is 1. The molecule has 1 aliphatic heterocycles. The van der Waals surface area contributed by atoms with Crippen LogP contribution in [0.1, 0.15) is 20.8 Å². The van der Waals surface area contributed by atoms with Crippen molar-refractivity contribution in [2.45, 2.75) is 26.3 Å². The number of benzene rings is 1. The van der Waals surface area contributed by atoms with Gasteiger partial charge in [0, 0.05) is 5.54 Å². The number of para-hydroxylation sites is 2. The highest BCUT2D eigenvalue weighted by Gasteiger charge is 2.28. The molecule has 1 aromatic rings. The lowest BCUT2D eigenvalue weighted by Crippen LogP contribution is -2.45. The molecule has 2 heteroatoms. The molecule has 0 N–H and O–H groups in total. The molecule has 0 amide bonds. The second kappa shape index (κ2) is 3.30. The first kappa shape index (κ1) is 10.1. The number of hydrogen-bond acceptors (Lipinski definition) is 2. The van der Waals surface area contributed by atoms with Gasteiger partial charge in [-0.2, -0.15) is 0 Å². The zero-order valence-electron chi connectivity index (χ0n) is 9.58. The fourth-order valence-electron chi connectivity index (χ4n) is 1.81. The second-order valence-electron chi connectivity index (χ2n) is 4.87. The van der Waals surface area contributed by atoms with E-state index in [4.69, 9.17) is 4.74 Å². The van der Waals surface area contributed by atoms with Gasteiger partial charge in [-0.3, -0.25) is 0 Å². The van der Waals surface area contributed by atoms with Crippen LogP contribution in [-0.2, 0) is 0 Å². The molecule has 0 bridgehead atoms. The van der Waals surface area contributed by atoms with Crippen molar-refractivity contribution >= 4 is 5.69 Å². The van der Waals surface area contributed by atoms with Crippen LogP contribution in [0.5, 0.6) is 5.75 Å². The Kier molecular flexibility index (Phi) is 2.22. The fraction of sp³-hybridized carbons (Fsp3) is 0.385. The summed E-state index contributed by atoms with van der Waals surface area (Å²) >= 11 is 0. The summed E-state index contributed by atoms with van der Waals surface area (Å²) in [5.74, 6) is 1.72. The molecular weight excluding hydrogens is 186 g/mol. The van der Waals surface area contributed by atoms with Gasteiger partial charge in [0.15, 0.2) is 0 Å². The van der Waals surface area contributed by atoms with Crippen molar-refractivity contribution in [1.29, 1.82) is 0 Å². The predicted octanol–water partition coefficient (Wildman–Crippen LogP) is 3.20. The molecule has 15 heavy (non-hydrogen) atoms. The lowest BCUT2D eigenvalue weighted by molar-refractivity contribution is 0.369. The Hall–Kier alpha value is -1.44. The monoisotopic (exact) mass is 203 g/mol. The minimum absolute atomic E-state index is 0.0861. The first-order valence-electron chi connectivity index (χ1n) is 5.21. The standard InChI is InChI=1S/C13H17NO/c1-10-9-14(13(2,3)4)11-7-5-6-8-12(11)15-10/h5-8H,1,9H2,2-4H3. The third-order valence-corrected chi connectivity index (χ3v) is 2.55. The van der Waals surface area contributed by atoms with Gasteiger partial charge in [0.2, 0.25) is 0 Å². The van der Waals surface area contributed by atoms with Crippen LogP contribution in [0.3, 0.4) is 0 Å². The molecule has 0 unspecified atom stereocenters. The highest BCUT2D eigenvalue weighted by Crippen LogP contribution is 2.37. The number of anilines is 1. The van der Waals surface area contributed by atoms with Crippen molar-refractivity contribution in [3.05, 3.63) is 36.6 Å². The fourth-order valence-corrected chi connectivity index (χ4v) is 1.81. The van der Waals surface area contributed by atoms with E-state index >= 15 is 0 Å². The van der Waals surface area contributed by atoms with Crippen molar-refractivity contribution in [2.24, 2.45) is 0 Å². The average molecular weight is 203 g/mol. The lowest BCUT2D eigenvalue weighted by atomic mass is 10.0. The normalized spacial score (nSPS) is 15.9. The van der Waals surface area contributed by atoms with Crippen LogP contribution in [0, 0.1) is 0 Å². The SMILES string of the molecule is C=C1CN(C(C)(C)C)c2ccccc2O1. The largest absolute Gasteiger partial charge is 0.458 e. The van der Waals surface area contributed by atoms with E-state index in [1.165, 1.54) is 0 Å². The summed E-state index contributed by atoms with van der Waals surface area (Å²) in [6.45, 7) is 11.3. The van der Waals surface area contributed by atoms with E-state index in [0.29, 0.717) is 0 Å². The molecule has 1 aromatic carbocycles. The van der Waals surface area contributed by atoms with Crippen LogP contribution in [0.2, 0.25) is 0 Å². The Morgan fingerprint density at radius 1 is 1.27 bits per heavy atom. The molecular formula is C13H17NO. The number of ether oxygens (including phenoxy) is 1. The molecule has 0 fully saturated rings. The molecule has 0 radical (unpaired) electrons. The Labute approximate surface area is 91.2 Å². The van der Waals surface area contributed by atoms with E-state index in [-0.39, 0.29) is 5.54 Å². The van der Waals surface area contributed by atoms with Crippen molar-refractivity contribution in [3.8, 4) is 5.75 Å². The number of hydrogen-bond donors (Lipinski definition) is 0. The number of rotatable bonds is 0. The molecule has 1 heterocycles. The van der Waals surface area contributed by atoms with E-state index in [9.17, 15) is 0 Å². The lowest BCUT2D eigenvalue weighted by Gasteiger charge is -2.41. The summed E-state index contributed by atoms with van der Waals surface area (Å²) in [7, 11) is 0. The van der Waals surface area contributed by atoms with Crippen LogP contribution in [-0.4, -0.2) is 12.1 Å². The summed E-state index contributed by atoms with van der Waals surface area (Å²) in [5, 5.41) is 0. The maximum Gasteiger partial charge on any atom is 0.150 e. The zero-order valence-corrected chi connectivity index (χ0v) is 9.58. The van der Waals surface area contributed by atoms with E-state index in [1.807, 2.05) is 18.2 Å². The van der Waals surface area contributed by atoms with Crippen LogP contribution in [0.25, 0.3) is 0 Å². The summed E-state index contributed by atoms with van der Waals surface area (Å²) in [4.78, 5) is 2.31. The van der Waals surface area contributed by atoms with Crippen molar-refractivity contribution < 1.29 is 4.74 Å². The van der Waals surface area contributed by atoms with Crippen LogP contribution < -0.4 is 9.64 Å². The maximum absolute atomic E-state index is 5.62. The summed E-state index contributed by atoms with van der Waals surface area (Å²) in [6, 6.07) is 8.10. The van der Waals surface area contributed by atoms with Gasteiger partial charge in [0.25, 0.3) is 0 Å². The second-order valence-corrected chi connectivity index (χ2v) is 4.87. The quantitative estimate of drug-likeness (QED) is 0.642. The van der Waals surface area contributed by atoms with Crippen LogP contribution in [0.4, 0.5) is 5.69 Å². The molecule has 80 valence electrons. The zero-order chi connectivity index (χ0) is 11.1. The highest BCUT2D eigenvalue weighted by atomic mass is 16.5. The Morgan fingerprint density at radius 3 is 2.60 bits per heavy atom. The molecule has 0 atom stereocenters. The van der Waals surface area contributed by atoms with E-state index < -0.39 is 0 Å². The molecule has 0 aromatic heterocycles. The van der Waals surface area contributed by atoms with Gasteiger partial charge in [-0.1, -0.05) is 18.7 Å². The van der Waals surface area contributed by atoms with Gasteiger partial charge in [0.05, 0.1) is 12.2 Å². The first-order valence-corrected chi connectivity index (χ1v) is 5.21. The topological polar surface area (TPSA) is 12.5 Å². The van der Waals surface area contributed by atoms with Gasteiger partial charge < -0.3 is 9.64 Å². The third-order valence-electron chi connectivity index (χ3n) is 2.55. The minimum Gasteiger partial charge on any atom is -0.458 e. The van der Waals surface area contributed by atoms with E-state index in [1.54, 1.807) is 0 Å². The Balaban J connectivity index is 2.47. The van der Waals surface area contributed by atoms with Gasteiger partial charge in [-0.05, 0) is 32.9 Å². The molecule has 0 saturated carbocycles. The average Bonchev–Trinajstić information content (AvgIpc) is 2.15. The van der Waals surface area contributed by atoms with Crippen molar-refractivity contribution in [1.82, 2.24) is 0 Å². The van der Waals surface area contributed by atoms with E-state index in [2.05, 4.69) is 38.3 Å². The number of nitrogens with zero attached hydrogens (tertiary/aromatic N) is 1. The van der Waals surface area contributed by atoms with Crippen LogP contribution in [0.15, 0.2) is 36.6 Å². The van der Waals surface area contributed by atoms with Gasteiger partial charge >= 0.3 is 0 Å². The molecule has 0 spiro atoms. The van der Waals surface area contributed by atoms with Gasteiger partial charge in [-0.15, -0.1) is 0 Å². The van der Waals surface area contributed by atoms with E-state index in [0.717, 1.165) is 23.7 Å². The smallest absolute Gasteiger partial charge is 0.150 e. The van der Waals surface area contributed by atoms with Crippen molar-refractivity contribution in [2.75, 3.05) is 11.4 Å². The third kappa shape index (κ3) is 1.84. The molecule has 0 saturated heterocycles. The predicted molar refractivity (Wildman–Crippen MR) is 63.3 cm³/mol. The maximum atomic E-state index is 5.62.